The lowest BCUT2D eigenvalue weighted by Gasteiger charge is -2.26. The molecule has 1 saturated heterocycles. The monoisotopic (exact) mass is 531 g/mol. The Bertz CT molecular complexity index is 1410. The largest absolute Gasteiger partial charge is 0.493 e. The van der Waals surface area contributed by atoms with Crippen molar-refractivity contribution >= 4 is 45.6 Å². The van der Waals surface area contributed by atoms with Crippen molar-refractivity contribution in [2.24, 2.45) is 0 Å². The molecule has 1 aliphatic rings. The second-order valence-electron chi connectivity index (χ2n) is 9.16. The van der Waals surface area contributed by atoms with Crippen molar-refractivity contribution in [3.63, 3.8) is 0 Å². The molecule has 1 aliphatic heterocycles. The van der Waals surface area contributed by atoms with Crippen LogP contribution in [0.3, 0.4) is 0 Å². The number of hydrogen-bond acceptors (Lipinski definition) is 7. The van der Waals surface area contributed by atoms with Gasteiger partial charge in [0.2, 0.25) is 0 Å². The second-order valence-corrected chi connectivity index (χ2v) is 9.60. The number of ether oxygens (including phenoxy) is 2. The van der Waals surface area contributed by atoms with Gasteiger partial charge in [0, 0.05) is 40.0 Å². The van der Waals surface area contributed by atoms with Gasteiger partial charge in [-0.3, -0.25) is 9.69 Å². The minimum absolute atomic E-state index is 0.226. The van der Waals surface area contributed by atoms with Gasteiger partial charge < -0.3 is 20.1 Å². The number of anilines is 3. The molecule has 0 atom stereocenters. The standard InChI is InChI=1S/C29H30ClN5O3/c1-37-26-17-24-25(18-27(26)38-15-14-35-12-3-2-4-13-35)31-19-32-28(24)33-22-8-10-23(11-9-22)34-29(36)20-6-5-7-21(30)16-20/h5-11,16-19H,2-4,12-15H2,1H3,(H,34,36)(H,31,32,33). The van der Waals surface area contributed by atoms with E-state index in [4.69, 9.17) is 21.1 Å². The number of nitrogens with one attached hydrogen (secondary N) is 2. The van der Waals surface area contributed by atoms with E-state index < -0.39 is 0 Å². The Morgan fingerprint density at radius 1 is 0.974 bits per heavy atom. The first kappa shape index (κ1) is 25.8. The summed E-state index contributed by atoms with van der Waals surface area (Å²) in [5.41, 5.74) is 2.73. The van der Waals surface area contributed by atoms with Crippen LogP contribution in [0.2, 0.25) is 5.02 Å². The second kappa shape index (κ2) is 12.1. The van der Waals surface area contributed by atoms with Crippen molar-refractivity contribution in [1.29, 1.82) is 0 Å². The highest BCUT2D eigenvalue weighted by atomic mass is 35.5. The SMILES string of the molecule is COc1cc2c(Nc3ccc(NC(=O)c4cccc(Cl)c4)cc3)ncnc2cc1OCCN1CCCCC1. The average Bonchev–Trinajstić information content (AvgIpc) is 2.94. The molecule has 0 bridgehead atoms. The van der Waals surface area contributed by atoms with E-state index in [0.29, 0.717) is 40.2 Å². The summed E-state index contributed by atoms with van der Waals surface area (Å²) in [6, 6.07) is 18.0. The Labute approximate surface area is 226 Å². The molecular formula is C29H30ClN5O3. The third-order valence-electron chi connectivity index (χ3n) is 6.53. The molecule has 2 N–H and O–H groups in total. The number of benzene rings is 3. The Balaban J connectivity index is 1.27. The van der Waals surface area contributed by atoms with Crippen LogP contribution in [0, 0.1) is 0 Å². The molecule has 0 radical (unpaired) electrons. The van der Waals surface area contributed by atoms with Gasteiger partial charge in [-0.25, -0.2) is 9.97 Å². The van der Waals surface area contributed by atoms with Gasteiger partial charge in [-0.1, -0.05) is 24.1 Å². The number of amides is 1. The lowest BCUT2D eigenvalue weighted by molar-refractivity contribution is 0.102. The third kappa shape index (κ3) is 6.33. The summed E-state index contributed by atoms with van der Waals surface area (Å²) < 4.78 is 11.7. The summed E-state index contributed by atoms with van der Waals surface area (Å²) in [5, 5.41) is 7.55. The Morgan fingerprint density at radius 3 is 2.53 bits per heavy atom. The van der Waals surface area contributed by atoms with Crippen molar-refractivity contribution in [3.05, 3.63) is 77.6 Å². The average molecular weight is 532 g/mol. The number of rotatable bonds is 9. The molecule has 0 unspecified atom stereocenters. The van der Waals surface area contributed by atoms with E-state index in [1.165, 1.54) is 25.6 Å². The molecule has 8 nitrogen and oxygen atoms in total. The molecule has 5 rings (SSSR count). The first-order chi connectivity index (χ1) is 18.6. The number of nitrogens with zero attached hydrogens (tertiary/aromatic N) is 3. The van der Waals surface area contributed by atoms with Gasteiger partial charge in [0.05, 0.1) is 12.6 Å². The van der Waals surface area contributed by atoms with E-state index >= 15 is 0 Å². The van der Waals surface area contributed by atoms with Gasteiger partial charge >= 0.3 is 0 Å². The van der Waals surface area contributed by atoms with Crippen LogP contribution < -0.4 is 20.1 Å². The Morgan fingerprint density at radius 2 is 1.76 bits per heavy atom. The van der Waals surface area contributed by atoms with Gasteiger partial charge in [0.25, 0.3) is 5.91 Å². The summed E-state index contributed by atoms with van der Waals surface area (Å²) in [7, 11) is 1.63. The zero-order chi connectivity index (χ0) is 26.3. The van der Waals surface area contributed by atoms with Crippen molar-refractivity contribution in [3.8, 4) is 11.5 Å². The summed E-state index contributed by atoms with van der Waals surface area (Å²) in [6.07, 6.45) is 5.35. The maximum Gasteiger partial charge on any atom is 0.255 e. The number of fused-ring (bicyclic) bond motifs is 1. The number of aromatic nitrogens is 2. The number of carbonyl (C=O) groups excluding carboxylic acids is 1. The van der Waals surface area contributed by atoms with E-state index in [-0.39, 0.29) is 5.91 Å². The number of carbonyl (C=O) groups is 1. The number of likely N-dealkylation sites (tertiary alicyclic amines) is 1. The number of hydrogen-bond donors (Lipinski definition) is 2. The van der Waals surface area contributed by atoms with Gasteiger partial charge in [0.15, 0.2) is 11.5 Å². The van der Waals surface area contributed by atoms with Gasteiger partial charge in [-0.2, -0.15) is 0 Å². The van der Waals surface area contributed by atoms with Crippen molar-refractivity contribution in [2.45, 2.75) is 19.3 Å². The van der Waals surface area contributed by atoms with Crippen LogP contribution in [0.4, 0.5) is 17.2 Å². The molecule has 1 aromatic heterocycles. The maximum atomic E-state index is 12.5. The van der Waals surface area contributed by atoms with E-state index in [1.54, 1.807) is 31.4 Å². The molecule has 1 fully saturated rings. The molecule has 38 heavy (non-hydrogen) atoms. The Hall–Kier alpha value is -3.88. The normalized spacial score (nSPS) is 13.7. The van der Waals surface area contributed by atoms with E-state index in [2.05, 4.69) is 25.5 Å². The molecule has 4 aromatic rings. The summed E-state index contributed by atoms with van der Waals surface area (Å²) in [5.74, 6) is 1.72. The fraction of sp³-hybridized carbons (Fsp3) is 0.276. The predicted molar refractivity (Wildman–Crippen MR) is 151 cm³/mol. The van der Waals surface area contributed by atoms with Gasteiger partial charge in [0.1, 0.15) is 18.8 Å². The summed E-state index contributed by atoms with van der Waals surface area (Å²) >= 11 is 6.00. The fourth-order valence-corrected chi connectivity index (χ4v) is 4.70. The minimum atomic E-state index is -0.226. The van der Waals surface area contributed by atoms with Gasteiger partial charge in [-0.05, 0) is 74.5 Å². The molecule has 0 spiro atoms. The van der Waals surface area contributed by atoms with Crippen LogP contribution in [0.1, 0.15) is 29.6 Å². The topological polar surface area (TPSA) is 88.6 Å². The van der Waals surface area contributed by atoms with Crippen LogP contribution >= 0.6 is 11.6 Å². The van der Waals surface area contributed by atoms with Crippen molar-refractivity contribution in [2.75, 3.05) is 44.0 Å². The molecule has 196 valence electrons. The fourth-order valence-electron chi connectivity index (χ4n) is 4.51. The molecule has 2 heterocycles. The first-order valence-corrected chi connectivity index (χ1v) is 13.1. The Kier molecular flexibility index (Phi) is 8.21. The minimum Gasteiger partial charge on any atom is -0.493 e. The van der Waals surface area contributed by atoms with Gasteiger partial charge in [-0.15, -0.1) is 0 Å². The van der Waals surface area contributed by atoms with Crippen LogP contribution in [-0.4, -0.2) is 54.1 Å². The summed E-state index contributed by atoms with van der Waals surface area (Å²) in [6.45, 7) is 3.76. The van der Waals surface area contributed by atoms with Crippen LogP contribution in [-0.2, 0) is 0 Å². The molecular weight excluding hydrogens is 502 g/mol. The molecule has 9 heteroatoms. The maximum absolute atomic E-state index is 12.5. The van der Waals surface area contributed by atoms with Crippen LogP contribution in [0.15, 0.2) is 67.0 Å². The third-order valence-corrected chi connectivity index (χ3v) is 6.76. The predicted octanol–water partition coefficient (Wildman–Crippen LogP) is 6.15. The lowest BCUT2D eigenvalue weighted by atomic mass is 10.1. The van der Waals surface area contributed by atoms with E-state index in [9.17, 15) is 4.79 Å². The van der Waals surface area contributed by atoms with Crippen LogP contribution in [0.5, 0.6) is 11.5 Å². The highest BCUT2D eigenvalue weighted by molar-refractivity contribution is 6.31. The summed E-state index contributed by atoms with van der Waals surface area (Å²) in [4.78, 5) is 23.8. The number of methoxy groups -OCH3 is 1. The number of piperidine rings is 1. The van der Waals surface area contributed by atoms with Crippen molar-refractivity contribution in [1.82, 2.24) is 14.9 Å². The quantitative estimate of drug-likeness (QED) is 0.267. The smallest absolute Gasteiger partial charge is 0.255 e. The molecule has 3 aromatic carbocycles. The molecule has 0 saturated carbocycles. The highest BCUT2D eigenvalue weighted by Crippen LogP contribution is 2.35. The lowest BCUT2D eigenvalue weighted by Crippen LogP contribution is -2.33. The highest BCUT2D eigenvalue weighted by Gasteiger charge is 2.14. The molecule has 0 aliphatic carbocycles. The van der Waals surface area contributed by atoms with Crippen molar-refractivity contribution < 1.29 is 14.3 Å². The molecule has 1 amide bonds. The number of halogens is 1. The van der Waals surface area contributed by atoms with E-state index in [0.717, 1.165) is 36.2 Å². The zero-order valence-corrected chi connectivity index (χ0v) is 22.0. The zero-order valence-electron chi connectivity index (χ0n) is 21.2. The first-order valence-electron chi connectivity index (χ1n) is 12.7. The van der Waals surface area contributed by atoms with E-state index in [1.807, 2.05) is 36.4 Å². The van der Waals surface area contributed by atoms with Crippen LogP contribution in [0.25, 0.3) is 10.9 Å².